The summed E-state index contributed by atoms with van der Waals surface area (Å²) < 4.78 is 0. The Balaban J connectivity index is 2.25. The van der Waals surface area contributed by atoms with Crippen molar-refractivity contribution in [1.29, 1.82) is 0 Å². The van der Waals surface area contributed by atoms with E-state index in [9.17, 15) is 0 Å². The molecule has 1 aliphatic rings. The Morgan fingerprint density at radius 2 is 2.07 bits per heavy atom. The summed E-state index contributed by atoms with van der Waals surface area (Å²) in [5.74, 6) is 1.74. The molecule has 14 heavy (non-hydrogen) atoms. The highest BCUT2D eigenvalue weighted by molar-refractivity contribution is 6.30. The fraction of sp³-hybridized carbons (Fsp3) is 0.636. The largest absolute Gasteiger partial charge is 0.238 e. The van der Waals surface area contributed by atoms with Crippen molar-refractivity contribution in [2.75, 3.05) is 0 Å². The Morgan fingerprint density at radius 1 is 1.36 bits per heavy atom. The van der Waals surface area contributed by atoms with Gasteiger partial charge in [0, 0.05) is 17.7 Å². The standard InChI is InChI=1S/C11H15ClN2/c1-3-9-7(2)13-10(14-11(9)12)6-8-4-5-8/h8H,3-6H2,1-2H3. The third-order valence-electron chi connectivity index (χ3n) is 2.73. The quantitative estimate of drug-likeness (QED) is 0.717. The van der Waals surface area contributed by atoms with Crippen LogP contribution in [0.4, 0.5) is 0 Å². The first-order valence-electron chi connectivity index (χ1n) is 5.22. The molecule has 0 N–H and O–H groups in total. The molecule has 0 amide bonds. The molecule has 0 atom stereocenters. The van der Waals surface area contributed by atoms with Gasteiger partial charge in [0.2, 0.25) is 0 Å². The lowest BCUT2D eigenvalue weighted by Crippen LogP contribution is -2.03. The van der Waals surface area contributed by atoms with E-state index < -0.39 is 0 Å². The fourth-order valence-corrected chi connectivity index (χ4v) is 2.06. The number of hydrogen-bond acceptors (Lipinski definition) is 2. The van der Waals surface area contributed by atoms with Gasteiger partial charge in [-0.15, -0.1) is 0 Å². The molecule has 3 heteroatoms. The molecule has 2 nitrogen and oxygen atoms in total. The average Bonchev–Trinajstić information content (AvgIpc) is 2.87. The van der Waals surface area contributed by atoms with Gasteiger partial charge in [0.1, 0.15) is 11.0 Å². The zero-order valence-corrected chi connectivity index (χ0v) is 9.43. The number of halogens is 1. The van der Waals surface area contributed by atoms with Crippen molar-refractivity contribution in [3.05, 3.63) is 22.2 Å². The van der Waals surface area contributed by atoms with Crippen LogP contribution in [0.3, 0.4) is 0 Å². The van der Waals surface area contributed by atoms with E-state index in [1.807, 2.05) is 6.92 Å². The van der Waals surface area contributed by atoms with E-state index in [0.29, 0.717) is 5.15 Å². The van der Waals surface area contributed by atoms with Crippen LogP contribution in [0.15, 0.2) is 0 Å². The van der Waals surface area contributed by atoms with Gasteiger partial charge in [-0.3, -0.25) is 0 Å². The summed E-state index contributed by atoms with van der Waals surface area (Å²) in [6.45, 7) is 4.10. The van der Waals surface area contributed by atoms with Crippen LogP contribution in [0.25, 0.3) is 0 Å². The van der Waals surface area contributed by atoms with Gasteiger partial charge in [-0.05, 0) is 32.1 Å². The Kier molecular flexibility index (Phi) is 2.73. The molecule has 1 fully saturated rings. The third kappa shape index (κ3) is 2.06. The fourth-order valence-electron chi connectivity index (χ4n) is 1.69. The van der Waals surface area contributed by atoms with Gasteiger partial charge in [-0.2, -0.15) is 0 Å². The minimum atomic E-state index is 0.649. The molecule has 0 aromatic carbocycles. The predicted molar refractivity (Wildman–Crippen MR) is 57.6 cm³/mol. The molecule has 0 saturated heterocycles. The summed E-state index contributed by atoms with van der Waals surface area (Å²) in [6, 6.07) is 0. The molecular weight excluding hydrogens is 196 g/mol. The molecule has 76 valence electrons. The Bertz CT molecular complexity index is 322. The van der Waals surface area contributed by atoms with Crippen LogP contribution < -0.4 is 0 Å². The summed E-state index contributed by atoms with van der Waals surface area (Å²) in [4.78, 5) is 8.83. The van der Waals surface area contributed by atoms with Crippen LogP contribution >= 0.6 is 11.6 Å². The molecule has 2 rings (SSSR count). The molecule has 0 unspecified atom stereocenters. The van der Waals surface area contributed by atoms with Crippen molar-refractivity contribution in [3.8, 4) is 0 Å². The van der Waals surface area contributed by atoms with Gasteiger partial charge in [-0.25, -0.2) is 9.97 Å². The second-order valence-corrected chi connectivity index (χ2v) is 4.35. The summed E-state index contributed by atoms with van der Waals surface area (Å²) in [7, 11) is 0. The Labute approximate surface area is 89.7 Å². The van der Waals surface area contributed by atoms with Crippen molar-refractivity contribution in [2.24, 2.45) is 5.92 Å². The van der Waals surface area contributed by atoms with E-state index >= 15 is 0 Å². The van der Waals surface area contributed by atoms with E-state index in [-0.39, 0.29) is 0 Å². The molecule has 1 aliphatic carbocycles. The minimum Gasteiger partial charge on any atom is -0.238 e. The molecule has 0 spiro atoms. The monoisotopic (exact) mass is 210 g/mol. The number of nitrogens with zero attached hydrogens (tertiary/aromatic N) is 2. The first-order valence-corrected chi connectivity index (χ1v) is 5.60. The molecule has 0 bridgehead atoms. The summed E-state index contributed by atoms with van der Waals surface area (Å²) >= 11 is 6.09. The van der Waals surface area contributed by atoms with Crippen molar-refractivity contribution < 1.29 is 0 Å². The lowest BCUT2D eigenvalue weighted by Gasteiger charge is -2.06. The molecule has 1 aromatic rings. The van der Waals surface area contributed by atoms with Gasteiger partial charge in [0.25, 0.3) is 0 Å². The van der Waals surface area contributed by atoms with E-state index in [1.165, 1.54) is 12.8 Å². The SMILES string of the molecule is CCc1c(C)nc(CC2CC2)nc1Cl. The van der Waals surface area contributed by atoms with Crippen molar-refractivity contribution >= 4 is 11.6 Å². The van der Waals surface area contributed by atoms with Crippen LogP contribution in [0.1, 0.15) is 36.8 Å². The van der Waals surface area contributed by atoms with Gasteiger partial charge < -0.3 is 0 Å². The molecule has 0 aliphatic heterocycles. The van der Waals surface area contributed by atoms with Crippen LogP contribution in [0.5, 0.6) is 0 Å². The highest BCUT2D eigenvalue weighted by Gasteiger charge is 2.23. The second-order valence-electron chi connectivity index (χ2n) is 4.00. The van der Waals surface area contributed by atoms with Crippen molar-refractivity contribution in [2.45, 2.75) is 39.5 Å². The highest BCUT2D eigenvalue weighted by Crippen LogP contribution is 2.32. The minimum absolute atomic E-state index is 0.649. The van der Waals surface area contributed by atoms with Crippen molar-refractivity contribution in [3.63, 3.8) is 0 Å². The van der Waals surface area contributed by atoms with E-state index in [2.05, 4.69) is 16.9 Å². The smallest absolute Gasteiger partial charge is 0.136 e. The zero-order chi connectivity index (χ0) is 10.1. The maximum absolute atomic E-state index is 6.09. The normalized spacial score (nSPS) is 15.9. The van der Waals surface area contributed by atoms with Gasteiger partial charge in [0.05, 0.1) is 0 Å². The first kappa shape index (κ1) is 9.91. The highest BCUT2D eigenvalue weighted by atomic mass is 35.5. The predicted octanol–water partition coefficient (Wildman–Crippen LogP) is 2.95. The van der Waals surface area contributed by atoms with E-state index in [0.717, 1.165) is 35.8 Å². The Hall–Kier alpha value is -0.630. The van der Waals surface area contributed by atoms with Gasteiger partial charge in [-0.1, -0.05) is 18.5 Å². The van der Waals surface area contributed by atoms with Crippen LogP contribution in [-0.4, -0.2) is 9.97 Å². The third-order valence-corrected chi connectivity index (χ3v) is 3.04. The summed E-state index contributed by atoms with van der Waals surface area (Å²) in [5, 5.41) is 0.649. The topological polar surface area (TPSA) is 25.8 Å². The zero-order valence-electron chi connectivity index (χ0n) is 8.68. The number of hydrogen-bond donors (Lipinski definition) is 0. The van der Waals surface area contributed by atoms with Crippen molar-refractivity contribution in [1.82, 2.24) is 9.97 Å². The van der Waals surface area contributed by atoms with Gasteiger partial charge >= 0.3 is 0 Å². The summed E-state index contributed by atoms with van der Waals surface area (Å²) in [5.41, 5.74) is 2.13. The van der Waals surface area contributed by atoms with Crippen LogP contribution in [0.2, 0.25) is 5.15 Å². The lowest BCUT2D eigenvalue weighted by atomic mass is 10.2. The molecule has 0 radical (unpaired) electrons. The summed E-state index contributed by atoms with van der Waals surface area (Å²) in [6.07, 6.45) is 4.57. The molecule has 1 heterocycles. The lowest BCUT2D eigenvalue weighted by molar-refractivity contribution is 0.757. The maximum Gasteiger partial charge on any atom is 0.136 e. The number of aryl methyl sites for hydroxylation is 1. The van der Waals surface area contributed by atoms with Crippen LogP contribution in [-0.2, 0) is 12.8 Å². The average molecular weight is 211 g/mol. The maximum atomic E-state index is 6.09. The van der Waals surface area contributed by atoms with E-state index in [4.69, 9.17) is 11.6 Å². The Morgan fingerprint density at radius 3 is 2.57 bits per heavy atom. The van der Waals surface area contributed by atoms with Gasteiger partial charge in [0.15, 0.2) is 0 Å². The second kappa shape index (κ2) is 3.85. The number of rotatable bonds is 3. The molecule has 1 aromatic heterocycles. The molecule has 1 saturated carbocycles. The number of aromatic nitrogens is 2. The van der Waals surface area contributed by atoms with Crippen LogP contribution in [0, 0.1) is 12.8 Å². The first-order chi connectivity index (χ1) is 6.70. The molecular formula is C11H15ClN2. The van der Waals surface area contributed by atoms with E-state index in [1.54, 1.807) is 0 Å².